The van der Waals surface area contributed by atoms with Gasteiger partial charge in [0.05, 0.1) is 15.2 Å². The standard InChI is InChI=1S/C12H7Br3O4/c13-7-3-8(14)11(9(15)4-7)19-5-6-1-2-18-10(6)12(16)17/h1-4H,5H2,(H,16,17). The molecule has 0 spiro atoms. The van der Waals surface area contributed by atoms with Crippen LogP contribution in [0.15, 0.2) is 42.3 Å². The summed E-state index contributed by atoms with van der Waals surface area (Å²) in [7, 11) is 0. The maximum Gasteiger partial charge on any atom is 0.372 e. The van der Waals surface area contributed by atoms with Gasteiger partial charge in [-0.1, -0.05) is 15.9 Å². The average molecular weight is 455 g/mol. The summed E-state index contributed by atoms with van der Waals surface area (Å²) in [6.07, 6.45) is 1.33. The van der Waals surface area contributed by atoms with E-state index in [1.54, 1.807) is 6.07 Å². The monoisotopic (exact) mass is 452 g/mol. The Hall–Kier alpha value is -0.790. The Labute approximate surface area is 134 Å². The third-order valence-corrected chi connectivity index (χ3v) is 3.91. The van der Waals surface area contributed by atoms with Gasteiger partial charge in [-0.2, -0.15) is 0 Å². The lowest BCUT2D eigenvalue weighted by Crippen LogP contribution is -2.03. The maximum absolute atomic E-state index is 10.9. The van der Waals surface area contributed by atoms with E-state index in [-0.39, 0.29) is 12.4 Å². The normalized spacial score (nSPS) is 10.5. The van der Waals surface area contributed by atoms with E-state index in [4.69, 9.17) is 14.3 Å². The Bertz CT molecular complexity index is 598. The number of rotatable bonds is 4. The number of carbonyl (C=O) groups is 1. The predicted molar refractivity (Wildman–Crippen MR) is 79.5 cm³/mol. The molecule has 7 heteroatoms. The molecular weight excluding hydrogens is 448 g/mol. The van der Waals surface area contributed by atoms with Crippen molar-refractivity contribution in [3.63, 3.8) is 0 Å². The van der Waals surface area contributed by atoms with E-state index in [1.165, 1.54) is 6.26 Å². The highest BCUT2D eigenvalue weighted by Crippen LogP contribution is 2.37. The molecule has 2 rings (SSSR count). The summed E-state index contributed by atoms with van der Waals surface area (Å²) in [5.41, 5.74) is 0.481. The van der Waals surface area contributed by atoms with Crippen LogP contribution in [0.25, 0.3) is 0 Å². The molecule has 1 heterocycles. The number of carboxylic acids is 1. The number of hydrogen-bond donors (Lipinski definition) is 1. The highest BCUT2D eigenvalue weighted by molar-refractivity contribution is 9.11. The molecule has 0 saturated heterocycles. The average Bonchev–Trinajstić information content (AvgIpc) is 2.75. The number of furan rings is 1. The molecule has 4 nitrogen and oxygen atoms in total. The SMILES string of the molecule is O=C(O)c1occc1COc1c(Br)cc(Br)cc1Br. The lowest BCUT2D eigenvalue weighted by atomic mass is 10.2. The third-order valence-electron chi connectivity index (χ3n) is 2.28. The molecule has 0 bridgehead atoms. The second kappa shape index (κ2) is 6.11. The lowest BCUT2D eigenvalue weighted by Gasteiger charge is -2.10. The van der Waals surface area contributed by atoms with Crippen LogP contribution < -0.4 is 4.74 Å². The van der Waals surface area contributed by atoms with E-state index in [9.17, 15) is 4.79 Å². The van der Waals surface area contributed by atoms with Crippen molar-refractivity contribution in [1.29, 1.82) is 0 Å². The Morgan fingerprint density at radius 3 is 2.47 bits per heavy atom. The van der Waals surface area contributed by atoms with Crippen LogP contribution >= 0.6 is 47.8 Å². The van der Waals surface area contributed by atoms with Crippen LogP contribution in [0.2, 0.25) is 0 Å². The van der Waals surface area contributed by atoms with Crippen molar-refractivity contribution in [3.05, 3.63) is 49.2 Å². The molecule has 100 valence electrons. The van der Waals surface area contributed by atoms with Crippen LogP contribution in [0.4, 0.5) is 0 Å². The number of halogens is 3. The van der Waals surface area contributed by atoms with Gasteiger partial charge in [-0.25, -0.2) is 4.79 Å². The summed E-state index contributed by atoms with van der Waals surface area (Å²) < 4.78 is 12.9. The van der Waals surface area contributed by atoms with Gasteiger partial charge >= 0.3 is 5.97 Å². The first-order valence-corrected chi connectivity index (χ1v) is 7.44. The molecule has 2 aromatic rings. The van der Waals surface area contributed by atoms with E-state index in [1.807, 2.05) is 12.1 Å². The summed E-state index contributed by atoms with van der Waals surface area (Å²) in [6.45, 7) is 0.108. The van der Waals surface area contributed by atoms with Crippen LogP contribution in [0.3, 0.4) is 0 Å². The van der Waals surface area contributed by atoms with Crippen molar-refractivity contribution in [2.45, 2.75) is 6.61 Å². The van der Waals surface area contributed by atoms with E-state index in [0.29, 0.717) is 11.3 Å². The third kappa shape index (κ3) is 3.40. The molecule has 0 aliphatic carbocycles. The Balaban J connectivity index is 2.19. The fourth-order valence-corrected chi connectivity index (χ4v) is 3.94. The fraction of sp³-hybridized carbons (Fsp3) is 0.0833. The van der Waals surface area contributed by atoms with Crippen LogP contribution in [-0.2, 0) is 6.61 Å². The molecule has 1 aromatic heterocycles. The minimum atomic E-state index is -1.11. The van der Waals surface area contributed by atoms with Crippen molar-refractivity contribution >= 4 is 53.8 Å². The topological polar surface area (TPSA) is 59.7 Å². The minimum absolute atomic E-state index is 0.107. The molecule has 0 unspecified atom stereocenters. The summed E-state index contributed by atoms with van der Waals surface area (Å²) in [6, 6.07) is 5.26. The first-order chi connectivity index (χ1) is 8.99. The van der Waals surface area contributed by atoms with Gasteiger partial charge in [-0.15, -0.1) is 0 Å². The summed E-state index contributed by atoms with van der Waals surface area (Å²) in [5.74, 6) is -0.623. The molecule has 0 amide bonds. The van der Waals surface area contributed by atoms with Crippen molar-refractivity contribution in [2.75, 3.05) is 0 Å². The van der Waals surface area contributed by atoms with Crippen LogP contribution in [0.5, 0.6) is 5.75 Å². The zero-order valence-corrected chi connectivity index (χ0v) is 14.1. The number of carboxylic acid groups (broad SMARTS) is 1. The Morgan fingerprint density at radius 2 is 1.89 bits per heavy atom. The fourth-order valence-electron chi connectivity index (χ4n) is 1.45. The molecule has 1 aromatic carbocycles. The van der Waals surface area contributed by atoms with E-state index in [0.717, 1.165) is 13.4 Å². The number of ether oxygens (including phenoxy) is 1. The largest absolute Gasteiger partial charge is 0.486 e. The minimum Gasteiger partial charge on any atom is -0.486 e. The van der Waals surface area contributed by atoms with E-state index >= 15 is 0 Å². The molecule has 0 aliphatic heterocycles. The van der Waals surface area contributed by atoms with E-state index in [2.05, 4.69) is 47.8 Å². The number of benzene rings is 1. The second-order valence-electron chi connectivity index (χ2n) is 3.57. The molecule has 0 radical (unpaired) electrons. The summed E-state index contributed by atoms with van der Waals surface area (Å²) >= 11 is 10.1. The molecule has 0 atom stereocenters. The molecule has 19 heavy (non-hydrogen) atoms. The highest BCUT2D eigenvalue weighted by Gasteiger charge is 2.15. The summed E-state index contributed by atoms with van der Waals surface area (Å²) in [5, 5.41) is 8.92. The van der Waals surface area contributed by atoms with E-state index < -0.39 is 5.97 Å². The molecule has 0 fully saturated rings. The van der Waals surface area contributed by atoms with Crippen molar-refractivity contribution < 1.29 is 19.1 Å². The first-order valence-electron chi connectivity index (χ1n) is 5.06. The Kier molecular flexibility index (Phi) is 4.70. The molecule has 0 aliphatic rings. The van der Waals surface area contributed by atoms with Gasteiger partial charge in [0, 0.05) is 10.0 Å². The van der Waals surface area contributed by atoms with Crippen LogP contribution in [0.1, 0.15) is 16.1 Å². The second-order valence-corrected chi connectivity index (χ2v) is 6.19. The lowest BCUT2D eigenvalue weighted by molar-refractivity contribution is 0.0658. The smallest absolute Gasteiger partial charge is 0.372 e. The van der Waals surface area contributed by atoms with Crippen LogP contribution in [0, 0.1) is 0 Å². The number of hydrogen-bond acceptors (Lipinski definition) is 3. The van der Waals surface area contributed by atoms with Gasteiger partial charge in [-0.05, 0) is 50.1 Å². The maximum atomic E-state index is 10.9. The quantitative estimate of drug-likeness (QED) is 0.717. The van der Waals surface area contributed by atoms with Gasteiger partial charge < -0.3 is 14.3 Å². The van der Waals surface area contributed by atoms with Crippen LogP contribution in [-0.4, -0.2) is 11.1 Å². The zero-order valence-electron chi connectivity index (χ0n) is 9.32. The summed E-state index contributed by atoms with van der Waals surface area (Å²) in [4.78, 5) is 10.9. The van der Waals surface area contributed by atoms with Crippen molar-refractivity contribution in [3.8, 4) is 5.75 Å². The highest BCUT2D eigenvalue weighted by atomic mass is 79.9. The number of aromatic carboxylic acids is 1. The van der Waals surface area contributed by atoms with Gasteiger partial charge in [0.2, 0.25) is 5.76 Å². The Morgan fingerprint density at radius 1 is 1.26 bits per heavy atom. The van der Waals surface area contributed by atoms with Crippen molar-refractivity contribution in [1.82, 2.24) is 0 Å². The molecule has 0 saturated carbocycles. The van der Waals surface area contributed by atoms with Gasteiger partial charge in [-0.3, -0.25) is 0 Å². The molecular formula is C12H7Br3O4. The first kappa shape index (κ1) is 14.6. The van der Waals surface area contributed by atoms with Gasteiger partial charge in [0.25, 0.3) is 0 Å². The van der Waals surface area contributed by atoms with Gasteiger partial charge in [0.1, 0.15) is 12.4 Å². The predicted octanol–water partition coefficient (Wildman–Crippen LogP) is 4.84. The molecule has 1 N–H and O–H groups in total. The zero-order chi connectivity index (χ0) is 14.0. The van der Waals surface area contributed by atoms with Crippen molar-refractivity contribution in [2.24, 2.45) is 0 Å². The van der Waals surface area contributed by atoms with Gasteiger partial charge in [0.15, 0.2) is 0 Å².